The smallest absolute Gasteiger partial charge is 0.330 e. The van der Waals surface area contributed by atoms with Crippen molar-refractivity contribution in [1.29, 1.82) is 0 Å². The van der Waals surface area contributed by atoms with Gasteiger partial charge in [-0.2, -0.15) is 13.2 Å². The Morgan fingerprint density at radius 2 is 2.05 bits per heavy atom. The second-order valence-corrected chi connectivity index (χ2v) is 5.81. The fraction of sp³-hybridized carbons (Fsp3) is 0.750. The summed E-state index contributed by atoms with van der Waals surface area (Å²) in [5.74, 6) is -1.13. The summed E-state index contributed by atoms with van der Waals surface area (Å²) in [6, 6.07) is 0. The molecule has 2 rings (SSSR count). The zero-order chi connectivity index (χ0) is 13.9. The van der Waals surface area contributed by atoms with Crippen molar-refractivity contribution in [3.8, 4) is 0 Å². The summed E-state index contributed by atoms with van der Waals surface area (Å²) < 4.78 is 37.6. The molecule has 108 valence electrons. The molecule has 0 atom stereocenters. The van der Waals surface area contributed by atoms with Crippen LogP contribution in [0.5, 0.6) is 0 Å². The van der Waals surface area contributed by atoms with E-state index in [1.54, 1.807) is 11.3 Å². The number of hydrogen-bond donors (Lipinski definition) is 1. The van der Waals surface area contributed by atoms with Crippen LogP contribution in [-0.4, -0.2) is 35.7 Å². The first-order valence-electron chi connectivity index (χ1n) is 6.41. The fourth-order valence-corrected chi connectivity index (χ4v) is 3.11. The maximum atomic E-state index is 12.5. The van der Waals surface area contributed by atoms with E-state index < -0.39 is 12.1 Å². The van der Waals surface area contributed by atoms with Crippen molar-refractivity contribution < 1.29 is 13.2 Å². The molecule has 0 unspecified atom stereocenters. The Bertz CT molecular complexity index is 397. The lowest BCUT2D eigenvalue weighted by atomic mass is 9.96. The number of piperidine rings is 1. The Kier molecular flexibility index (Phi) is 4.81. The highest BCUT2D eigenvalue weighted by atomic mass is 32.1. The minimum absolute atomic E-state index is 0.198. The molecule has 1 fully saturated rings. The first-order valence-corrected chi connectivity index (χ1v) is 7.29. The Labute approximate surface area is 114 Å². The van der Waals surface area contributed by atoms with Crippen molar-refractivity contribution in [2.75, 3.05) is 19.6 Å². The van der Waals surface area contributed by atoms with Crippen LogP contribution in [0.4, 0.5) is 13.2 Å². The van der Waals surface area contributed by atoms with E-state index in [1.807, 2.05) is 10.3 Å². The van der Waals surface area contributed by atoms with Crippen molar-refractivity contribution in [2.45, 2.75) is 32.0 Å². The van der Waals surface area contributed by atoms with Gasteiger partial charge in [-0.05, 0) is 32.5 Å². The maximum Gasteiger partial charge on any atom is 0.391 e. The molecule has 0 saturated carbocycles. The van der Waals surface area contributed by atoms with Gasteiger partial charge in [-0.1, -0.05) is 0 Å². The summed E-state index contributed by atoms with van der Waals surface area (Å²) in [7, 11) is 0. The summed E-state index contributed by atoms with van der Waals surface area (Å²) >= 11 is 1.57. The number of nitrogens with zero attached hydrogens (tertiary/aromatic N) is 2. The number of alkyl halides is 3. The molecular weight excluding hydrogens is 275 g/mol. The lowest BCUT2D eigenvalue weighted by molar-refractivity contribution is -0.185. The summed E-state index contributed by atoms with van der Waals surface area (Å²) in [5, 5.41) is 2.98. The van der Waals surface area contributed by atoms with Crippen LogP contribution in [0.15, 0.2) is 5.38 Å². The topological polar surface area (TPSA) is 42.1 Å². The van der Waals surface area contributed by atoms with Crippen LogP contribution < -0.4 is 5.73 Å². The molecule has 1 aromatic heterocycles. The number of aromatic nitrogens is 1. The summed E-state index contributed by atoms with van der Waals surface area (Å²) in [6.45, 7) is 2.21. The van der Waals surface area contributed by atoms with Gasteiger partial charge in [0.2, 0.25) is 0 Å². The molecule has 2 N–H and O–H groups in total. The average Bonchev–Trinajstić information content (AvgIpc) is 2.77. The SMILES string of the molecule is NCCc1nc(CN2CCC(C(F)(F)F)CC2)cs1. The van der Waals surface area contributed by atoms with Gasteiger partial charge in [0.15, 0.2) is 0 Å². The Morgan fingerprint density at radius 3 is 2.63 bits per heavy atom. The number of rotatable bonds is 4. The Hall–Kier alpha value is -0.660. The quantitative estimate of drug-likeness (QED) is 0.927. The van der Waals surface area contributed by atoms with Gasteiger partial charge >= 0.3 is 6.18 Å². The molecule has 1 aliphatic heterocycles. The predicted molar refractivity (Wildman–Crippen MR) is 68.9 cm³/mol. The molecule has 1 aromatic rings. The molecule has 0 amide bonds. The second-order valence-electron chi connectivity index (χ2n) is 4.86. The van der Waals surface area contributed by atoms with E-state index in [0.29, 0.717) is 26.2 Å². The zero-order valence-corrected chi connectivity index (χ0v) is 11.4. The first-order chi connectivity index (χ1) is 8.99. The molecule has 0 aliphatic carbocycles. The maximum absolute atomic E-state index is 12.5. The fourth-order valence-electron chi connectivity index (χ4n) is 2.31. The van der Waals surface area contributed by atoms with Crippen molar-refractivity contribution >= 4 is 11.3 Å². The van der Waals surface area contributed by atoms with Gasteiger partial charge in [0.25, 0.3) is 0 Å². The van der Waals surface area contributed by atoms with Crippen molar-refractivity contribution in [3.63, 3.8) is 0 Å². The molecule has 19 heavy (non-hydrogen) atoms. The van der Waals surface area contributed by atoms with E-state index in [4.69, 9.17) is 5.73 Å². The minimum Gasteiger partial charge on any atom is -0.330 e. The largest absolute Gasteiger partial charge is 0.391 e. The van der Waals surface area contributed by atoms with Gasteiger partial charge in [0.1, 0.15) is 0 Å². The molecule has 0 spiro atoms. The Balaban J connectivity index is 1.82. The third-order valence-electron chi connectivity index (χ3n) is 3.39. The lowest BCUT2D eigenvalue weighted by Crippen LogP contribution is -2.38. The standard InChI is InChI=1S/C12H18F3N3S/c13-12(14,15)9-2-5-18(6-3-9)7-10-8-19-11(17-10)1-4-16/h8-9H,1-7,16H2. The molecule has 2 heterocycles. The van der Waals surface area contributed by atoms with Gasteiger partial charge in [0.05, 0.1) is 16.6 Å². The van der Waals surface area contributed by atoms with Crippen LogP contribution in [0.2, 0.25) is 0 Å². The highest BCUT2D eigenvalue weighted by Crippen LogP contribution is 2.34. The van der Waals surface area contributed by atoms with Gasteiger partial charge in [-0.3, -0.25) is 4.90 Å². The van der Waals surface area contributed by atoms with E-state index in [-0.39, 0.29) is 12.8 Å². The lowest BCUT2D eigenvalue weighted by Gasteiger charge is -2.32. The van der Waals surface area contributed by atoms with Crippen LogP contribution in [0.3, 0.4) is 0 Å². The van der Waals surface area contributed by atoms with E-state index in [9.17, 15) is 13.2 Å². The van der Waals surface area contributed by atoms with E-state index in [1.165, 1.54) is 0 Å². The van der Waals surface area contributed by atoms with Gasteiger partial charge in [0, 0.05) is 18.3 Å². The number of thiazole rings is 1. The molecule has 0 radical (unpaired) electrons. The monoisotopic (exact) mass is 293 g/mol. The van der Waals surface area contributed by atoms with Gasteiger partial charge < -0.3 is 5.73 Å². The molecule has 0 aromatic carbocycles. The number of halogens is 3. The van der Waals surface area contributed by atoms with Crippen LogP contribution in [0, 0.1) is 5.92 Å². The van der Waals surface area contributed by atoms with Gasteiger partial charge in [-0.25, -0.2) is 4.98 Å². The molecular formula is C12H18F3N3S. The molecule has 7 heteroatoms. The van der Waals surface area contributed by atoms with Gasteiger partial charge in [-0.15, -0.1) is 11.3 Å². The van der Waals surface area contributed by atoms with Crippen LogP contribution in [0.25, 0.3) is 0 Å². The number of nitrogens with two attached hydrogens (primary N) is 1. The normalized spacial score (nSPS) is 18.9. The number of hydrogen-bond acceptors (Lipinski definition) is 4. The average molecular weight is 293 g/mol. The van der Waals surface area contributed by atoms with Crippen LogP contribution in [-0.2, 0) is 13.0 Å². The number of likely N-dealkylation sites (tertiary alicyclic amines) is 1. The van der Waals surface area contributed by atoms with Crippen LogP contribution >= 0.6 is 11.3 Å². The van der Waals surface area contributed by atoms with E-state index in [0.717, 1.165) is 17.1 Å². The zero-order valence-electron chi connectivity index (χ0n) is 10.6. The third kappa shape index (κ3) is 4.15. The molecule has 1 saturated heterocycles. The minimum atomic E-state index is -4.04. The molecule has 0 bridgehead atoms. The van der Waals surface area contributed by atoms with E-state index >= 15 is 0 Å². The summed E-state index contributed by atoms with van der Waals surface area (Å²) in [4.78, 5) is 6.48. The third-order valence-corrected chi connectivity index (χ3v) is 4.35. The highest BCUT2D eigenvalue weighted by molar-refractivity contribution is 7.09. The van der Waals surface area contributed by atoms with Crippen molar-refractivity contribution in [2.24, 2.45) is 11.7 Å². The van der Waals surface area contributed by atoms with Crippen LogP contribution in [0.1, 0.15) is 23.5 Å². The van der Waals surface area contributed by atoms with Crippen molar-refractivity contribution in [1.82, 2.24) is 9.88 Å². The summed E-state index contributed by atoms with van der Waals surface area (Å²) in [5.41, 5.74) is 6.40. The highest BCUT2D eigenvalue weighted by Gasteiger charge is 2.40. The van der Waals surface area contributed by atoms with Crippen molar-refractivity contribution in [3.05, 3.63) is 16.1 Å². The second kappa shape index (κ2) is 6.19. The Morgan fingerprint density at radius 1 is 1.37 bits per heavy atom. The molecule has 1 aliphatic rings. The predicted octanol–water partition coefficient (Wildman–Crippen LogP) is 2.42. The first kappa shape index (κ1) is 14.7. The molecule has 3 nitrogen and oxygen atoms in total. The van der Waals surface area contributed by atoms with E-state index in [2.05, 4.69) is 4.98 Å². The summed E-state index contributed by atoms with van der Waals surface area (Å²) in [6.07, 6.45) is -2.88.